The Bertz CT molecular complexity index is 1110. The number of hydrogen-bond donors (Lipinski definition) is 0. The van der Waals surface area contributed by atoms with Crippen LogP contribution < -0.4 is 9.47 Å². The highest BCUT2D eigenvalue weighted by Gasteiger charge is 2.29. The molecule has 3 aromatic rings. The Morgan fingerprint density at radius 2 is 1.82 bits per heavy atom. The number of benzene rings is 2. The van der Waals surface area contributed by atoms with Gasteiger partial charge in [-0.25, -0.2) is 13.8 Å². The summed E-state index contributed by atoms with van der Waals surface area (Å²) in [4.78, 5) is 17.9. The van der Waals surface area contributed by atoms with Crippen LogP contribution in [0.5, 0.6) is 17.2 Å². The second-order valence-electron chi connectivity index (χ2n) is 7.02. The Balaban J connectivity index is 1.65. The van der Waals surface area contributed by atoms with Gasteiger partial charge in [-0.1, -0.05) is 23.2 Å². The van der Waals surface area contributed by atoms with E-state index in [9.17, 15) is 13.6 Å². The van der Waals surface area contributed by atoms with Gasteiger partial charge in [-0.2, -0.15) is 5.10 Å². The number of carbonyl (C=O) groups excluding carboxylic acids is 1. The van der Waals surface area contributed by atoms with Crippen LogP contribution in [-0.2, 0) is 11.9 Å². The van der Waals surface area contributed by atoms with E-state index in [0.29, 0.717) is 22.3 Å². The normalized spacial score (nSPS) is 12.0. The predicted octanol–water partition coefficient (Wildman–Crippen LogP) is 5.93. The summed E-state index contributed by atoms with van der Waals surface area (Å²) in [5, 5.41) is 5.49. The molecule has 1 aromatic heterocycles. The second-order valence-corrected chi connectivity index (χ2v) is 7.87. The number of aryl methyl sites for hydroxylation is 1. The number of rotatable bonds is 9. The number of amides is 1. The Morgan fingerprint density at radius 1 is 1.15 bits per heavy atom. The summed E-state index contributed by atoms with van der Waals surface area (Å²) in [6, 6.07) is 11.1. The maximum Gasteiger partial charge on any atom is 0.282 e. The minimum absolute atomic E-state index is 0.0129. The SMILES string of the molecule is CON(C(=O)c1cn(C)nc1C(F)F)C(C)COc1ccc(Oc2ccc(Cl)cc2)cc1Cl. The molecule has 2 aromatic carbocycles. The largest absolute Gasteiger partial charge is 0.490 e. The van der Waals surface area contributed by atoms with Crippen molar-refractivity contribution < 1.29 is 27.9 Å². The predicted molar refractivity (Wildman–Crippen MR) is 119 cm³/mol. The molecule has 1 heterocycles. The van der Waals surface area contributed by atoms with Crippen LogP contribution >= 0.6 is 23.2 Å². The fourth-order valence-electron chi connectivity index (χ4n) is 2.99. The molecule has 0 fully saturated rings. The lowest BCUT2D eigenvalue weighted by atomic mass is 10.2. The first-order valence-corrected chi connectivity index (χ1v) is 10.5. The quantitative estimate of drug-likeness (QED) is 0.341. The van der Waals surface area contributed by atoms with Crippen LogP contribution in [0.2, 0.25) is 10.0 Å². The van der Waals surface area contributed by atoms with Crippen molar-refractivity contribution in [2.24, 2.45) is 7.05 Å². The van der Waals surface area contributed by atoms with Crippen molar-refractivity contribution in [3.63, 3.8) is 0 Å². The maximum absolute atomic E-state index is 13.2. The smallest absolute Gasteiger partial charge is 0.282 e. The summed E-state index contributed by atoms with van der Waals surface area (Å²) in [7, 11) is 2.72. The standard InChI is InChI=1S/C22H21Cl2F2N3O4/c1-13(29(31-3)22(30)17-11-28(2)27-20(17)21(25)26)12-32-19-9-8-16(10-18(19)24)33-15-6-4-14(23)5-7-15/h4-11,13,21H,12H2,1-3H3. The Kier molecular flexibility index (Phi) is 8.12. The molecule has 0 bridgehead atoms. The molecule has 0 aliphatic rings. The van der Waals surface area contributed by atoms with Crippen molar-refractivity contribution in [1.82, 2.24) is 14.8 Å². The number of nitrogens with zero attached hydrogens (tertiary/aromatic N) is 3. The Labute approximate surface area is 199 Å². The van der Waals surface area contributed by atoms with Crippen LogP contribution in [0.1, 0.15) is 29.4 Å². The first-order valence-electron chi connectivity index (χ1n) is 9.74. The highest BCUT2D eigenvalue weighted by molar-refractivity contribution is 6.32. The summed E-state index contributed by atoms with van der Waals surface area (Å²) in [5.74, 6) is 0.679. The van der Waals surface area contributed by atoms with Crippen LogP contribution in [-0.4, -0.2) is 40.5 Å². The summed E-state index contributed by atoms with van der Waals surface area (Å²) >= 11 is 12.2. The molecule has 0 aliphatic heterocycles. The van der Waals surface area contributed by atoms with Crippen LogP contribution in [0, 0.1) is 0 Å². The van der Waals surface area contributed by atoms with Crippen molar-refractivity contribution >= 4 is 29.1 Å². The van der Waals surface area contributed by atoms with Gasteiger partial charge in [0.1, 0.15) is 29.5 Å². The Hall–Kier alpha value is -2.88. The molecule has 33 heavy (non-hydrogen) atoms. The van der Waals surface area contributed by atoms with Gasteiger partial charge in [0.25, 0.3) is 12.3 Å². The zero-order chi connectivity index (χ0) is 24.1. The van der Waals surface area contributed by atoms with Crippen LogP contribution in [0.15, 0.2) is 48.7 Å². The third kappa shape index (κ3) is 6.13. The number of ether oxygens (including phenoxy) is 2. The van der Waals surface area contributed by atoms with E-state index in [-0.39, 0.29) is 17.2 Å². The number of alkyl halides is 2. The molecule has 3 rings (SSSR count). The molecule has 11 heteroatoms. The van der Waals surface area contributed by atoms with E-state index < -0.39 is 24.1 Å². The van der Waals surface area contributed by atoms with Crippen LogP contribution in [0.4, 0.5) is 8.78 Å². The van der Waals surface area contributed by atoms with E-state index in [1.165, 1.54) is 20.4 Å². The van der Waals surface area contributed by atoms with Gasteiger partial charge in [0.2, 0.25) is 0 Å². The molecule has 0 saturated carbocycles. The molecule has 0 radical (unpaired) electrons. The van der Waals surface area contributed by atoms with Gasteiger partial charge in [0, 0.05) is 24.3 Å². The fourth-order valence-corrected chi connectivity index (χ4v) is 3.34. The molecule has 1 atom stereocenters. The van der Waals surface area contributed by atoms with Crippen LogP contribution in [0.25, 0.3) is 0 Å². The number of carbonyl (C=O) groups is 1. The monoisotopic (exact) mass is 499 g/mol. The third-order valence-corrected chi connectivity index (χ3v) is 5.07. The lowest BCUT2D eigenvalue weighted by Crippen LogP contribution is -2.41. The second kappa shape index (κ2) is 10.8. The first-order chi connectivity index (χ1) is 15.7. The molecule has 0 spiro atoms. The van der Waals surface area contributed by atoms with Gasteiger partial charge in [-0.15, -0.1) is 0 Å². The zero-order valence-corrected chi connectivity index (χ0v) is 19.5. The van der Waals surface area contributed by atoms with Crippen molar-refractivity contribution in [3.05, 3.63) is 70.0 Å². The van der Waals surface area contributed by atoms with E-state index in [0.717, 1.165) is 9.75 Å². The molecule has 7 nitrogen and oxygen atoms in total. The number of hydroxylamine groups is 2. The number of hydrogen-bond acceptors (Lipinski definition) is 5. The van der Waals surface area contributed by atoms with E-state index in [1.54, 1.807) is 49.4 Å². The highest BCUT2D eigenvalue weighted by Crippen LogP contribution is 2.32. The zero-order valence-electron chi connectivity index (χ0n) is 18.0. The fraction of sp³-hybridized carbons (Fsp3) is 0.273. The van der Waals surface area contributed by atoms with Crippen molar-refractivity contribution in [3.8, 4) is 17.2 Å². The molecule has 176 valence electrons. The van der Waals surface area contributed by atoms with E-state index in [1.807, 2.05) is 0 Å². The van der Waals surface area contributed by atoms with E-state index in [2.05, 4.69) is 5.10 Å². The minimum Gasteiger partial charge on any atom is -0.490 e. The van der Waals surface area contributed by atoms with Crippen molar-refractivity contribution in [2.75, 3.05) is 13.7 Å². The van der Waals surface area contributed by atoms with E-state index >= 15 is 0 Å². The van der Waals surface area contributed by atoms with Gasteiger partial charge in [0.15, 0.2) is 0 Å². The average molecular weight is 500 g/mol. The summed E-state index contributed by atoms with van der Waals surface area (Å²) in [5.41, 5.74) is -0.861. The van der Waals surface area contributed by atoms with Gasteiger partial charge in [-0.3, -0.25) is 14.3 Å². The van der Waals surface area contributed by atoms with Gasteiger partial charge in [-0.05, 0) is 43.3 Å². The lowest BCUT2D eigenvalue weighted by molar-refractivity contribution is -0.126. The maximum atomic E-state index is 13.2. The molecule has 1 amide bonds. The summed E-state index contributed by atoms with van der Waals surface area (Å²) in [6.07, 6.45) is -1.68. The molecule has 0 aliphatic carbocycles. The van der Waals surface area contributed by atoms with Crippen molar-refractivity contribution in [2.45, 2.75) is 19.4 Å². The molecule has 1 unspecified atom stereocenters. The lowest BCUT2D eigenvalue weighted by Gasteiger charge is -2.26. The number of aromatic nitrogens is 2. The van der Waals surface area contributed by atoms with Gasteiger partial charge >= 0.3 is 0 Å². The van der Waals surface area contributed by atoms with Crippen LogP contribution in [0.3, 0.4) is 0 Å². The van der Waals surface area contributed by atoms with Crippen molar-refractivity contribution in [1.29, 1.82) is 0 Å². The molecular formula is C22H21Cl2F2N3O4. The Morgan fingerprint density at radius 3 is 2.42 bits per heavy atom. The summed E-state index contributed by atoms with van der Waals surface area (Å²) < 4.78 is 39.1. The minimum atomic E-state index is -2.90. The summed E-state index contributed by atoms with van der Waals surface area (Å²) in [6.45, 7) is 1.63. The average Bonchev–Trinajstić information content (AvgIpc) is 3.17. The van der Waals surface area contributed by atoms with Gasteiger partial charge in [0.05, 0.1) is 23.7 Å². The molecule has 0 saturated heterocycles. The number of halogens is 4. The first kappa shape index (κ1) is 24.8. The topological polar surface area (TPSA) is 65.8 Å². The highest BCUT2D eigenvalue weighted by atomic mass is 35.5. The molecule has 0 N–H and O–H groups in total. The molecular weight excluding hydrogens is 479 g/mol. The van der Waals surface area contributed by atoms with E-state index in [4.69, 9.17) is 37.5 Å². The van der Waals surface area contributed by atoms with Gasteiger partial charge < -0.3 is 9.47 Å². The third-order valence-electron chi connectivity index (χ3n) is 4.52.